The van der Waals surface area contributed by atoms with Crippen molar-refractivity contribution in [3.8, 4) is 5.75 Å². The molecule has 3 rings (SSSR count). The Kier molecular flexibility index (Phi) is 5.90. The zero-order valence-corrected chi connectivity index (χ0v) is 15.3. The minimum atomic E-state index is -0.981. The Morgan fingerprint density at radius 1 is 1.27 bits per heavy atom. The number of hydrogen-bond donors (Lipinski definition) is 2. The third-order valence-corrected chi connectivity index (χ3v) is 5.47. The van der Waals surface area contributed by atoms with E-state index < -0.39 is 5.97 Å². The van der Waals surface area contributed by atoms with E-state index in [0.29, 0.717) is 30.3 Å². The number of thiophene rings is 1. The summed E-state index contributed by atoms with van der Waals surface area (Å²) in [7, 11) is 0. The Labute approximate surface area is 155 Å². The number of benzene rings is 1. The summed E-state index contributed by atoms with van der Waals surface area (Å²) in [6.45, 7) is 3.00. The van der Waals surface area contributed by atoms with E-state index in [1.165, 1.54) is 28.3 Å². The van der Waals surface area contributed by atoms with Crippen LogP contribution in [0.2, 0.25) is 0 Å². The van der Waals surface area contributed by atoms with Crippen molar-refractivity contribution in [1.29, 1.82) is 0 Å². The number of aryl methyl sites for hydroxylation is 1. The van der Waals surface area contributed by atoms with Crippen LogP contribution >= 0.6 is 11.3 Å². The lowest BCUT2D eigenvalue weighted by molar-refractivity contribution is -0.0134. The summed E-state index contributed by atoms with van der Waals surface area (Å²) in [5.41, 5.74) is 0.200. The van der Waals surface area contributed by atoms with Crippen molar-refractivity contribution in [2.45, 2.75) is 31.9 Å². The van der Waals surface area contributed by atoms with E-state index in [0.717, 1.165) is 6.42 Å². The predicted molar refractivity (Wildman–Crippen MR) is 98.2 cm³/mol. The fourth-order valence-corrected chi connectivity index (χ4v) is 3.62. The van der Waals surface area contributed by atoms with Crippen LogP contribution in [-0.2, 0) is 11.2 Å². The van der Waals surface area contributed by atoms with E-state index >= 15 is 0 Å². The molecule has 6 nitrogen and oxygen atoms in total. The zero-order chi connectivity index (χ0) is 18.5. The second-order valence-electron chi connectivity index (χ2n) is 6.05. The van der Waals surface area contributed by atoms with Crippen molar-refractivity contribution in [3.63, 3.8) is 0 Å². The van der Waals surface area contributed by atoms with Crippen LogP contribution in [0.25, 0.3) is 0 Å². The Bertz CT molecular complexity index is 770. The number of hydrogen-bond acceptors (Lipinski definition) is 5. The molecule has 1 aliphatic heterocycles. The first-order valence-electron chi connectivity index (χ1n) is 8.54. The average Bonchev–Trinajstić information content (AvgIpc) is 3.13. The first-order chi connectivity index (χ1) is 12.6. The molecule has 1 aromatic carbocycles. The molecule has 138 valence electrons. The molecule has 1 aromatic heterocycles. The van der Waals surface area contributed by atoms with E-state index in [-0.39, 0.29) is 23.6 Å². The van der Waals surface area contributed by atoms with E-state index in [4.69, 9.17) is 14.6 Å². The summed E-state index contributed by atoms with van der Waals surface area (Å²) in [5.74, 6) is -0.532. The highest BCUT2D eigenvalue weighted by molar-refractivity contribution is 7.14. The van der Waals surface area contributed by atoms with Gasteiger partial charge in [0.25, 0.3) is 5.91 Å². The first kappa shape index (κ1) is 18.4. The summed E-state index contributed by atoms with van der Waals surface area (Å²) in [5, 5.41) is 12.0. The van der Waals surface area contributed by atoms with Crippen LogP contribution < -0.4 is 10.1 Å². The standard InChI is InChI=1S/C19H21NO5S/c1-2-14-7-8-17(26-14)18(21)20-15-9-10-24-11-16(15)25-13-5-3-12(4-6-13)19(22)23/h3-8,15-16H,2,9-11H2,1H3,(H,20,21)(H,22,23)/t15-,16-/m1/s1. The van der Waals surface area contributed by atoms with Gasteiger partial charge >= 0.3 is 5.97 Å². The lowest BCUT2D eigenvalue weighted by Gasteiger charge is -2.32. The number of aromatic carboxylic acids is 1. The summed E-state index contributed by atoms with van der Waals surface area (Å²) in [6.07, 6.45) is 1.25. The number of nitrogens with one attached hydrogen (secondary N) is 1. The van der Waals surface area contributed by atoms with Crippen LogP contribution in [0.15, 0.2) is 36.4 Å². The molecule has 2 heterocycles. The molecule has 0 unspecified atom stereocenters. The van der Waals surface area contributed by atoms with Gasteiger partial charge in [0, 0.05) is 11.5 Å². The minimum absolute atomic E-state index is 0.101. The summed E-state index contributed by atoms with van der Waals surface area (Å²) in [4.78, 5) is 25.3. The van der Waals surface area contributed by atoms with Crippen LogP contribution in [0.5, 0.6) is 5.75 Å². The molecule has 0 bridgehead atoms. The molecule has 2 N–H and O–H groups in total. The van der Waals surface area contributed by atoms with Gasteiger partial charge in [0.15, 0.2) is 0 Å². The van der Waals surface area contributed by atoms with Gasteiger partial charge in [0.1, 0.15) is 11.9 Å². The van der Waals surface area contributed by atoms with Crippen molar-refractivity contribution < 1.29 is 24.2 Å². The maximum absolute atomic E-state index is 12.5. The monoisotopic (exact) mass is 375 g/mol. The highest BCUT2D eigenvalue weighted by Crippen LogP contribution is 2.21. The summed E-state index contributed by atoms with van der Waals surface area (Å²) >= 11 is 1.50. The number of carboxylic acid groups (broad SMARTS) is 1. The van der Waals surface area contributed by atoms with Crippen LogP contribution in [0.1, 0.15) is 38.3 Å². The molecule has 0 saturated carbocycles. The van der Waals surface area contributed by atoms with Gasteiger partial charge in [-0.1, -0.05) is 6.92 Å². The highest BCUT2D eigenvalue weighted by Gasteiger charge is 2.29. The molecular formula is C19H21NO5S. The van der Waals surface area contributed by atoms with Crippen molar-refractivity contribution in [3.05, 3.63) is 51.7 Å². The van der Waals surface area contributed by atoms with Gasteiger partial charge in [0.05, 0.1) is 23.1 Å². The SMILES string of the molecule is CCc1ccc(C(=O)N[C@@H]2CCOC[C@H]2Oc2ccc(C(=O)O)cc2)s1. The molecule has 1 aliphatic rings. The maximum Gasteiger partial charge on any atom is 0.335 e. The fourth-order valence-electron chi connectivity index (χ4n) is 2.77. The molecule has 0 radical (unpaired) electrons. The van der Waals surface area contributed by atoms with Crippen molar-refractivity contribution in [1.82, 2.24) is 5.32 Å². The molecule has 1 amide bonds. The predicted octanol–water partition coefficient (Wildman–Crippen LogP) is 2.98. The molecule has 2 aromatic rings. The van der Waals surface area contributed by atoms with Gasteiger partial charge in [-0.15, -0.1) is 11.3 Å². The largest absolute Gasteiger partial charge is 0.486 e. The molecule has 26 heavy (non-hydrogen) atoms. The van der Waals surface area contributed by atoms with Crippen LogP contribution in [0.4, 0.5) is 0 Å². The van der Waals surface area contributed by atoms with Crippen molar-refractivity contribution >= 4 is 23.2 Å². The summed E-state index contributed by atoms with van der Waals surface area (Å²) < 4.78 is 11.4. The number of rotatable bonds is 6. The van der Waals surface area contributed by atoms with Crippen molar-refractivity contribution in [2.75, 3.05) is 13.2 Å². The number of carboxylic acids is 1. The van der Waals surface area contributed by atoms with E-state index in [1.807, 2.05) is 12.1 Å². The van der Waals surface area contributed by atoms with Gasteiger partial charge in [-0.25, -0.2) is 4.79 Å². The molecular weight excluding hydrogens is 354 g/mol. The van der Waals surface area contributed by atoms with Crippen LogP contribution in [0.3, 0.4) is 0 Å². The number of carbonyl (C=O) groups is 2. The molecule has 0 spiro atoms. The Morgan fingerprint density at radius 3 is 2.69 bits per heavy atom. The zero-order valence-electron chi connectivity index (χ0n) is 14.4. The van der Waals surface area contributed by atoms with Gasteiger partial charge in [-0.3, -0.25) is 4.79 Å². The molecule has 2 atom stereocenters. The Morgan fingerprint density at radius 2 is 2.04 bits per heavy atom. The molecule has 7 heteroatoms. The number of carbonyl (C=O) groups excluding carboxylic acids is 1. The van der Waals surface area contributed by atoms with Gasteiger partial charge in [0.2, 0.25) is 0 Å². The van der Waals surface area contributed by atoms with Gasteiger partial charge in [-0.05, 0) is 49.2 Å². The second-order valence-corrected chi connectivity index (χ2v) is 7.22. The molecule has 1 fully saturated rings. The lowest BCUT2D eigenvalue weighted by Crippen LogP contribution is -2.51. The third-order valence-electron chi connectivity index (χ3n) is 4.24. The van der Waals surface area contributed by atoms with Crippen LogP contribution in [-0.4, -0.2) is 42.3 Å². The smallest absolute Gasteiger partial charge is 0.335 e. The molecule has 0 aliphatic carbocycles. The quantitative estimate of drug-likeness (QED) is 0.811. The number of ether oxygens (including phenoxy) is 2. The topological polar surface area (TPSA) is 84.9 Å². The minimum Gasteiger partial charge on any atom is -0.486 e. The lowest BCUT2D eigenvalue weighted by atomic mass is 10.1. The van der Waals surface area contributed by atoms with E-state index in [9.17, 15) is 9.59 Å². The Hall–Kier alpha value is -2.38. The average molecular weight is 375 g/mol. The van der Waals surface area contributed by atoms with Gasteiger partial charge in [-0.2, -0.15) is 0 Å². The fraction of sp³-hybridized carbons (Fsp3) is 0.368. The Balaban J connectivity index is 1.65. The second kappa shape index (κ2) is 8.33. The maximum atomic E-state index is 12.5. The normalized spacial score (nSPS) is 19.7. The van der Waals surface area contributed by atoms with E-state index in [2.05, 4.69) is 12.2 Å². The van der Waals surface area contributed by atoms with Crippen LogP contribution in [0, 0.1) is 0 Å². The third kappa shape index (κ3) is 4.42. The van der Waals surface area contributed by atoms with Crippen molar-refractivity contribution in [2.24, 2.45) is 0 Å². The number of amides is 1. The van der Waals surface area contributed by atoms with E-state index in [1.54, 1.807) is 12.1 Å². The first-order valence-corrected chi connectivity index (χ1v) is 9.35. The molecule has 1 saturated heterocycles. The van der Waals surface area contributed by atoms with Gasteiger partial charge < -0.3 is 19.9 Å². The highest BCUT2D eigenvalue weighted by atomic mass is 32.1. The summed E-state index contributed by atoms with van der Waals surface area (Å²) in [6, 6.07) is 9.87.